The highest BCUT2D eigenvalue weighted by Gasteiger charge is 2.24. The van der Waals surface area contributed by atoms with E-state index in [-0.39, 0.29) is 23.7 Å². The van der Waals surface area contributed by atoms with Gasteiger partial charge in [0.15, 0.2) is 0 Å². The maximum Gasteiger partial charge on any atom is 0.272 e. The maximum absolute atomic E-state index is 12.9. The molecule has 2 heterocycles. The molecule has 1 aliphatic rings. The van der Waals surface area contributed by atoms with Crippen molar-refractivity contribution in [1.82, 2.24) is 14.9 Å². The lowest BCUT2D eigenvalue weighted by atomic mass is 10.1. The number of nitrogens with one attached hydrogen (secondary N) is 3. The Morgan fingerprint density at radius 1 is 1.25 bits per heavy atom. The topological polar surface area (TPSA) is 99.2 Å². The smallest absolute Gasteiger partial charge is 0.272 e. The van der Waals surface area contributed by atoms with E-state index in [0.717, 1.165) is 23.9 Å². The van der Waals surface area contributed by atoms with Crippen LogP contribution in [0, 0.1) is 13.8 Å². The first-order valence-electron chi connectivity index (χ1n) is 9.52. The van der Waals surface area contributed by atoms with Crippen LogP contribution in [0.4, 0.5) is 5.69 Å². The fraction of sp³-hybridized carbons (Fsp3) is 0.333. The number of rotatable bonds is 5. The number of aromatic amines is 1. The zero-order valence-corrected chi connectivity index (χ0v) is 16.2. The highest BCUT2D eigenvalue weighted by molar-refractivity contribution is 6.09. The van der Waals surface area contributed by atoms with Crippen LogP contribution in [0.3, 0.4) is 0 Å². The second-order valence-corrected chi connectivity index (χ2v) is 7.38. The van der Waals surface area contributed by atoms with E-state index >= 15 is 0 Å². The van der Waals surface area contributed by atoms with Crippen LogP contribution >= 0.6 is 0 Å². The number of aromatic nitrogens is 2. The molecule has 3 aromatic rings. The van der Waals surface area contributed by atoms with Crippen molar-refractivity contribution in [1.29, 1.82) is 0 Å². The van der Waals surface area contributed by atoms with Gasteiger partial charge in [-0.25, -0.2) is 0 Å². The summed E-state index contributed by atoms with van der Waals surface area (Å²) >= 11 is 0. The number of anilines is 1. The average Bonchev–Trinajstić information content (AvgIpc) is 3.33. The number of aromatic hydroxyl groups is 1. The summed E-state index contributed by atoms with van der Waals surface area (Å²) in [7, 11) is 0. The second-order valence-electron chi connectivity index (χ2n) is 7.38. The van der Waals surface area contributed by atoms with Gasteiger partial charge in [0.1, 0.15) is 5.69 Å². The summed E-state index contributed by atoms with van der Waals surface area (Å²) in [6.45, 7) is 6.27. The Balaban J connectivity index is 1.60. The minimum atomic E-state index is -0.306. The van der Waals surface area contributed by atoms with Crippen molar-refractivity contribution in [3.63, 3.8) is 0 Å². The van der Waals surface area contributed by atoms with E-state index in [0.29, 0.717) is 34.4 Å². The van der Waals surface area contributed by atoms with Crippen LogP contribution in [-0.2, 0) is 6.54 Å². The fourth-order valence-electron chi connectivity index (χ4n) is 3.41. The first-order chi connectivity index (χ1) is 13.4. The van der Waals surface area contributed by atoms with E-state index in [4.69, 9.17) is 0 Å². The van der Waals surface area contributed by atoms with Crippen LogP contribution in [0.25, 0.3) is 10.9 Å². The van der Waals surface area contributed by atoms with Crippen molar-refractivity contribution in [2.24, 2.45) is 0 Å². The first kappa shape index (κ1) is 18.2. The number of aryl methyl sites for hydroxylation is 3. The van der Waals surface area contributed by atoms with Crippen LogP contribution in [-0.4, -0.2) is 32.5 Å². The summed E-state index contributed by atoms with van der Waals surface area (Å²) in [6.07, 6.45) is 3.84. The Labute approximate surface area is 162 Å². The minimum Gasteiger partial charge on any atom is -0.494 e. The van der Waals surface area contributed by atoms with E-state index in [9.17, 15) is 14.7 Å². The van der Waals surface area contributed by atoms with Gasteiger partial charge in [0, 0.05) is 30.0 Å². The average molecular weight is 380 g/mol. The van der Waals surface area contributed by atoms with Crippen LogP contribution in [0.2, 0.25) is 0 Å². The molecule has 1 saturated carbocycles. The number of carbonyl (C=O) groups excluding carboxylic acids is 2. The van der Waals surface area contributed by atoms with Crippen molar-refractivity contribution in [2.45, 2.75) is 46.2 Å². The lowest BCUT2D eigenvalue weighted by Gasteiger charge is -2.11. The van der Waals surface area contributed by atoms with Crippen molar-refractivity contribution in [2.75, 3.05) is 5.32 Å². The summed E-state index contributed by atoms with van der Waals surface area (Å²) in [5, 5.41) is 16.8. The van der Waals surface area contributed by atoms with Gasteiger partial charge in [-0.2, -0.15) is 0 Å². The molecule has 2 aromatic heterocycles. The predicted molar refractivity (Wildman–Crippen MR) is 108 cm³/mol. The Morgan fingerprint density at radius 2 is 2.00 bits per heavy atom. The van der Waals surface area contributed by atoms with E-state index in [1.165, 1.54) is 0 Å². The third-order valence-electron chi connectivity index (χ3n) is 5.29. The van der Waals surface area contributed by atoms with Gasteiger partial charge in [0.2, 0.25) is 5.88 Å². The third-order valence-corrected chi connectivity index (χ3v) is 5.29. The van der Waals surface area contributed by atoms with Gasteiger partial charge < -0.3 is 25.3 Å². The number of carbonyl (C=O) groups is 2. The second kappa shape index (κ2) is 6.74. The van der Waals surface area contributed by atoms with Gasteiger partial charge in [-0.15, -0.1) is 0 Å². The highest BCUT2D eigenvalue weighted by Crippen LogP contribution is 2.32. The molecule has 0 unspecified atom stereocenters. The Kier molecular flexibility index (Phi) is 4.37. The summed E-state index contributed by atoms with van der Waals surface area (Å²) in [5.74, 6) is -0.277. The van der Waals surface area contributed by atoms with E-state index in [2.05, 4.69) is 15.6 Å². The molecule has 2 amide bonds. The normalized spacial score (nSPS) is 13.7. The SMILES string of the molecule is CCn1cc2[nH]c(C(=O)Nc3cc(C(=O)NC4CC4)ccc3C)c(C)c2c1O. The molecule has 0 bridgehead atoms. The number of hydrogen-bond acceptors (Lipinski definition) is 3. The third kappa shape index (κ3) is 3.13. The predicted octanol–water partition coefficient (Wildman–Crippen LogP) is 3.46. The molecule has 28 heavy (non-hydrogen) atoms. The van der Waals surface area contributed by atoms with E-state index in [1.807, 2.05) is 19.9 Å². The largest absolute Gasteiger partial charge is 0.494 e. The fourth-order valence-corrected chi connectivity index (χ4v) is 3.41. The van der Waals surface area contributed by atoms with Gasteiger partial charge in [-0.05, 0) is 56.9 Å². The Morgan fingerprint density at radius 3 is 2.64 bits per heavy atom. The molecular formula is C21H24N4O3. The van der Waals surface area contributed by atoms with E-state index in [1.54, 1.807) is 29.8 Å². The maximum atomic E-state index is 12.9. The number of amides is 2. The molecule has 146 valence electrons. The summed E-state index contributed by atoms with van der Waals surface area (Å²) in [5.41, 5.74) is 3.79. The first-order valence-corrected chi connectivity index (χ1v) is 9.52. The molecule has 7 heteroatoms. The zero-order chi connectivity index (χ0) is 20.0. The molecule has 4 N–H and O–H groups in total. The summed E-state index contributed by atoms with van der Waals surface area (Å²) < 4.78 is 1.72. The molecule has 1 aromatic carbocycles. The van der Waals surface area contributed by atoms with Gasteiger partial charge >= 0.3 is 0 Å². The van der Waals surface area contributed by atoms with Crippen molar-refractivity contribution >= 4 is 28.4 Å². The number of fused-ring (bicyclic) bond motifs is 1. The molecule has 0 radical (unpaired) electrons. The molecule has 0 saturated heterocycles. The standard InChI is InChI=1S/C21H24N4O3/c1-4-25-10-16-17(21(25)28)12(3)18(23-16)20(27)24-15-9-13(6-5-11(15)2)19(26)22-14-7-8-14/h5-6,9-10,14,23,28H,4,7-8H2,1-3H3,(H,22,26)(H,24,27). The monoisotopic (exact) mass is 380 g/mol. The van der Waals surface area contributed by atoms with Crippen molar-refractivity contribution in [3.8, 4) is 5.88 Å². The molecule has 0 aliphatic heterocycles. The zero-order valence-electron chi connectivity index (χ0n) is 16.2. The molecule has 0 spiro atoms. The molecule has 1 aliphatic carbocycles. The lowest BCUT2D eigenvalue weighted by molar-refractivity contribution is 0.0949. The molecule has 1 fully saturated rings. The van der Waals surface area contributed by atoms with Crippen LogP contribution in [0.1, 0.15) is 51.7 Å². The van der Waals surface area contributed by atoms with Crippen LogP contribution in [0.15, 0.2) is 24.4 Å². The minimum absolute atomic E-state index is 0.123. The number of hydrogen-bond donors (Lipinski definition) is 4. The van der Waals surface area contributed by atoms with Gasteiger partial charge in [-0.3, -0.25) is 9.59 Å². The lowest BCUT2D eigenvalue weighted by Crippen LogP contribution is -2.25. The van der Waals surface area contributed by atoms with Gasteiger partial charge in [-0.1, -0.05) is 6.07 Å². The van der Waals surface area contributed by atoms with Gasteiger partial charge in [0.25, 0.3) is 11.8 Å². The number of nitrogens with zero attached hydrogens (tertiary/aromatic N) is 1. The molecular weight excluding hydrogens is 356 g/mol. The van der Waals surface area contributed by atoms with Crippen LogP contribution < -0.4 is 10.6 Å². The molecule has 7 nitrogen and oxygen atoms in total. The Bertz CT molecular complexity index is 1090. The van der Waals surface area contributed by atoms with Gasteiger partial charge in [0.05, 0.1) is 10.9 Å². The van der Waals surface area contributed by atoms with Crippen LogP contribution in [0.5, 0.6) is 5.88 Å². The molecule has 4 rings (SSSR count). The van der Waals surface area contributed by atoms with E-state index < -0.39 is 0 Å². The highest BCUT2D eigenvalue weighted by atomic mass is 16.3. The number of H-pyrrole nitrogens is 1. The molecule has 0 atom stereocenters. The van der Waals surface area contributed by atoms with Crippen molar-refractivity contribution < 1.29 is 14.7 Å². The summed E-state index contributed by atoms with van der Waals surface area (Å²) in [4.78, 5) is 28.2. The number of benzene rings is 1. The van der Waals surface area contributed by atoms with Crippen molar-refractivity contribution in [3.05, 3.63) is 46.8 Å². The summed E-state index contributed by atoms with van der Waals surface area (Å²) in [6, 6.07) is 5.56. The Hall–Kier alpha value is -3.22. The quantitative estimate of drug-likeness (QED) is 0.545.